The fourth-order valence-corrected chi connectivity index (χ4v) is 2.67. The van der Waals surface area contributed by atoms with E-state index in [1.807, 2.05) is 0 Å². The molecule has 0 aliphatic heterocycles. The number of hydrogen-bond donors (Lipinski definition) is 1. The van der Waals surface area contributed by atoms with Gasteiger partial charge in [0.2, 0.25) is 0 Å². The molecule has 1 atom stereocenters. The van der Waals surface area contributed by atoms with Crippen molar-refractivity contribution in [3.05, 3.63) is 67.3 Å². The molecular formula is C14H10Br2ClFO. The van der Waals surface area contributed by atoms with E-state index in [0.29, 0.717) is 20.6 Å². The van der Waals surface area contributed by atoms with Crippen LogP contribution in [-0.4, -0.2) is 5.11 Å². The fraction of sp³-hybridized carbons (Fsp3) is 0.143. The van der Waals surface area contributed by atoms with Gasteiger partial charge in [0.25, 0.3) is 0 Å². The SMILES string of the molecule is OC(Cc1cc(Br)ccc1F)c1ccc(Cl)c(Br)c1. The first-order valence-electron chi connectivity index (χ1n) is 5.54. The molecule has 2 rings (SSSR count). The van der Waals surface area contributed by atoms with E-state index in [1.54, 1.807) is 30.3 Å². The van der Waals surface area contributed by atoms with Gasteiger partial charge in [-0.1, -0.05) is 33.6 Å². The lowest BCUT2D eigenvalue weighted by Crippen LogP contribution is -2.03. The van der Waals surface area contributed by atoms with Crippen molar-refractivity contribution >= 4 is 43.5 Å². The number of rotatable bonds is 3. The number of hydrogen-bond acceptors (Lipinski definition) is 1. The third-order valence-electron chi connectivity index (χ3n) is 2.75. The zero-order chi connectivity index (χ0) is 14.0. The van der Waals surface area contributed by atoms with Gasteiger partial charge in [-0.25, -0.2) is 4.39 Å². The molecule has 0 spiro atoms. The molecule has 1 nitrogen and oxygen atoms in total. The standard InChI is InChI=1S/C14H10Br2ClFO/c15-10-2-4-13(18)9(5-10)7-14(19)8-1-3-12(17)11(16)6-8/h1-6,14,19H,7H2. The minimum atomic E-state index is -0.780. The van der Waals surface area contributed by atoms with E-state index in [1.165, 1.54) is 6.07 Å². The molecule has 0 aromatic heterocycles. The molecule has 5 heteroatoms. The van der Waals surface area contributed by atoms with E-state index >= 15 is 0 Å². The average Bonchev–Trinajstić information content (AvgIpc) is 2.37. The monoisotopic (exact) mass is 406 g/mol. The average molecular weight is 408 g/mol. The highest BCUT2D eigenvalue weighted by Gasteiger charge is 2.13. The smallest absolute Gasteiger partial charge is 0.126 e. The Morgan fingerprint density at radius 1 is 1.16 bits per heavy atom. The van der Waals surface area contributed by atoms with Crippen LogP contribution in [-0.2, 0) is 6.42 Å². The second-order valence-corrected chi connectivity index (χ2v) is 6.31. The van der Waals surface area contributed by atoms with Crippen molar-refractivity contribution in [1.82, 2.24) is 0 Å². The number of benzene rings is 2. The minimum absolute atomic E-state index is 0.208. The first kappa shape index (κ1) is 15.0. The summed E-state index contributed by atoms with van der Waals surface area (Å²) in [4.78, 5) is 0. The summed E-state index contributed by atoms with van der Waals surface area (Å²) in [6, 6.07) is 9.84. The maximum atomic E-state index is 13.6. The van der Waals surface area contributed by atoms with Crippen LogP contribution in [0.4, 0.5) is 4.39 Å². The lowest BCUT2D eigenvalue weighted by atomic mass is 10.0. The highest BCUT2D eigenvalue weighted by atomic mass is 79.9. The Labute approximate surface area is 132 Å². The zero-order valence-electron chi connectivity index (χ0n) is 9.71. The Kier molecular flexibility index (Phi) is 5.01. The molecule has 0 aliphatic carbocycles. The van der Waals surface area contributed by atoms with Gasteiger partial charge in [-0.15, -0.1) is 0 Å². The van der Waals surface area contributed by atoms with Crippen molar-refractivity contribution in [2.75, 3.05) is 0 Å². The lowest BCUT2D eigenvalue weighted by Gasteiger charge is -2.13. The van der Waals surface area contributed by atoms with Crippen LogP contribution in [0.5, 0.6) is 0 Å². The van der Waals surface area contributed by atoms with E-state index in [2.05, 4.69) is 31.9 Å². The molecule has 0 saturated heterocycles. The molecule has 0 aliphatic rings. The van der Waals surface area contributed by atoms with Crippen molar-refractivity contribution in [2.45, 2.75) is 12.5 Å². The predicted octanol–water partition coefficient (Wildman–Crippen LogP) is 5.28. The van der Waals surface area contributed by atoms with Gasteiger partial charge in [-0.2, -0.15) is 0 Å². The third kappa shape index (κ3) is 3.78. The summed E-state index contributed by atoms with van der Waals surface area (Å²) >= 11 is 12.5. The molecule has 100 valence electrons. The van der Waals surface area contributed by atoms with Gasteiger partial charge in [0.1, 0.15) is 5.82 Å². The van der Waals surface area contributed by atoms with Gasteiger partial charge >= 0.3 is 0 Å². The molecule has 0 radical (unpaired) electrons. The van der Waals surface area contributed by atoms with Crippen molar-refractivity contribution in [3.8, 4) is 0 Å². The molecule has 0 amide bonds. The molecule has 2 aromatic rings. The van der Waals surface area contributed by atoms with Crippen LogP contribution in [0.3, 0.4) is 0 Å². The third-order valence-corrected chi connectivity index (χ3v) is 4.46. The first-order valence-corrected chi connectivity index (χ1v) is 7.50. The van der Waals surface area contributed by atoms with Gasteiger partial charge < -0.3 is 5.11 Å². The van der Waals surface area contributed by atoms with Gasteiger partial charge in [0.15, 0.2) is 0 Å². The molecule has 0 fully saturated rings. The lowest BCUT2D eigenvalue weighted by molar-refractivity contribution is 0.177. The van der Waals surface area contributed by atoms with Crippen LogP contribution in [0.25, 0.3) is 0 Å². The summed E-state index contributed by atoms with van der Waals surface area (Å²) in [6.45, 7) is 0. The summed E-state index contributed by atoms with van der Waals surface area (Å²) in [6.07, 6.45) is -0.573. The van der Waals surface area contributed by atoms with Crippen LogP contribution in [0.1, 0.15) is 17.2 Å². The van der Waals surface area contributed by atoms with Crippen molar-refractivity contribution < 1.29 is 9.50 Å². The Morgan fingerprint density at radius 2 is 1.89 bits per heavy atom. The normalized spacial score (nSPS) is 12.5. The Morgan fingerprint density at radius 3 is 2.58 bits per heavy atom. The summed E-state index contributed by atoms with van der Waals surface area (Å²) in [7, 11) is 0. The Balaban J connectivity index is 2.22. The first-order chi connectivity index (χ1) is 8.97. The molecule has 0 heterocycles. The Bertz CT molecular complexity index is 604. The van der Waals surface area contributed by atoms with Gasteiger partial charge in [0, 0.05) is 15.4 Å². The van der Waals surface area contributed by atoms with Crippen molar-refractivity contribution in [2.24, 2.45) is 0 Å². The highest BCUT2D eigenvalue weighted by molar-refractivity contribution is 9.10. The van der Waals surface area contributed by atoms with E-state index in [0.717, 1.165) is 4.47 Å². The number of halogens is 4. The van der Waals surface area contributed by atoms with E-state index in [4.69, 9.17) is 11.6 Å². The fourth-order valence-electron chi connectivity index (χ4n) is 1.75. The van der Waals surface area contributed by atoms with Crippen LogP contribution in [0.15, 0.2) is 45.3 Å². The van der Waals surface area contributed by atoms with Gasteiger partial charge in [-0.05, 0) is 57.4 Å². The second-order valence-electron chi connectivity index (χ2n) is 4.13. The van der Waals surface area contributed by atoms with Crippen LogP contribution >= 0.6 is 43.5 Å². The Hall–Kier alpha value is -0.420. The summed E-state index contributed by atoms with van der Waals surface area (Å²) in [5, 5.41) is 10.7. The molecule has 19 heavy (non-hydrogen) atoms. The molecule has 2 aromatic carbocycles. The van der Waals surface area contributed by atoms with Crippen molar-refractivity contribution in [3.63, 3.8) is 0 Å². The maximum Gasteiger partial charge on any atom is 0.126 e. The zero-order valence-corrected chi connectivity index (χ0v) is 13.6. The minimum Gasteiger partial charge on any atom is -0.388 e. The topological polar surface area (TPSA) is 20.2 Å². The van der Waals surface area contributed by atoms with Crippen LogP contribution in [0, 0.1) is 5.82 Å². The predicted molar refractivity (Wildman–Crippen MR) is 81.9 cm³/mol. The maximum absolute atomic E-state index is 13.6. The van der Waals surface area contributed by atoms with E-state index < -0.39 is 6.10 Å². The summed E-state index contributed by atoms with van der Waals surface area (Å²) in [5.41, 5.74) is 1.16. The largest absolute Gasteiger partial charge is 0.388 e. The van der Waals surface area contributed by atoms with Crippen LogP contribution in [0.2, 0.25) is 5.02 Å². The molecule has 1 unspecified atom stereocenters. The number of aliphatic hydroxyl groups is 1. The van der Waals surface area contributed by atoms with Crippen LogP contribution < -0.4 is 0 Å². The molecule has 1 N–H and O–H groups in total. The van der Waals surface area contributed by atoms with E-state index in [9.17, 15) is 9.50 Å². The molecule has 0 bridgehead atoms. The molecule has 0 saturated carbocycles. The summed E-state index contributed by atoms with van der Waals surface area (Å²) < 4.78 is 15.1. The van der Waals surface area contributed by atoms with Gasteiger partial charge in [-0.3, -0.25) is 0 Å². The van der Waals surface area contributed by atoms with E-state index in [-0.39, 0.29) is 12.2 Å². The number of aliphatic hydroxyl groups excluding tert-OH is 1. The quantitative estimate of drug-likeness (QED) is 0.733. The van der Waals surface area contributed by atoms with Crippen molar-refractivity contribution in [1.29, 1.82) is 0 Å². The second kappa shape index (κ2) is 6.35. The highest BCUT2D eigenvalue weighted by Crippen LogP contribution is 2.28. The van der Waals surface area contributed by atoms with Gasteiger partial charge in [0.05, 0.1) is 11.1 Å². The summed E-state index contributed by atoms with van der Waals surface area (Å²) in [5.74, 6) is -0.324. The molecular weight excluding hydrogens is 398 g/mol.